The van der Waals surface area contributed by atoms with Gasteiger partial charge in [-0.15, -0.1) is 0 Å². The van der Waals surface area contributed by atoms with E-state index < -0.39 is 42.5 Å². The molecule has 4 atom stereocenters. The summed E-state index contributed by atoms with van der Waals surface area (Å²) in [5, 5.41) is 0. The lowest BCUT2D eigenvalue weighted by atomic mass is 10.1. The third-order valence-electron chi connectivity index (χ3n) is 2.84. The molecule has 8 nitrogen and oxygen atoms in total. The normalized spacial score (nSPS) is 27.4. The van der Waals surface area contributed by atoms with Gasteiger partial charge < -0.3 is 23.7 Å². The summed E-state index contributed by atoms with van der Waals surface area (Å²) in [4.78, 5) is 33.8. The number of esters is 2. The Morgan fingerprint density at radius 1 is 1.05 bits per heavy atom. The molecule has 126 valence electrons. The van der Waals surface area contributed by atoms with Crippen LogP contribution < -0.4 is 0 Å². The van der Waals surface area contributed by atoms with Gasteiger partial charge >= 0.3 is 18.1 Å². The van der Waals surface area contributed by atoms with Crippen molar-refractivity contribution in [3.8, 4) is 0 Å². The molecule has 1 aliphatic heterocycles. The lowest BCUT2D eigenvalue weighted by molar-refractivity contribution is -0.164. The maximum Gasteiger partial charge on any atom is 0.508 e. The second-order valence-electron chi connectivity index (χ2n) is 5.26. The minimum absolute atomic E-state index is 0.175. The van der Waals surface area contributed by atoms with Gasteiger partial charge in [0.05, 0.1) is 12.2 Å². The summed E-state index contributed by atoms with van der Waals surface area (Å²) < 4.78 is 25.6. The van der Waals surface area contributed by atoms with Crippen molar-refractivity contribution in [2.24, 2.45) is 0 Å². The first-order chi connectivity index (χ1) is 10.2. The largest absolute Gasteiger partial charge is 0.508 e. The molecule has 1 fully saturated rings. The molecule has 0 aromatic carbocycles. The molecule has 1 aliphatic rings. The molecule has 0 saturated carbocycles. The first kappa shape index (κ1) is 18.2. The smallest absolute Gasteiger partial charge is 0.456 e. The summed E-state index contributed by atoms with van der Waals surface area (Å²) in [6, 6.07) is 0. The second-order valence-corrected chi connectivity index (χ2v) is 5.26. The predicted molar refractivity (Wildman–Crippen MR) is 73.0 cm³/mol. The van der Waals surface area contributed by atoms with Gasteiger partial charge in [0, 0.05) is 13.8 Å². The Bertz CT molecular complexity index is 419. The Morgan fingerprint density at radius 2 is 1.59 bits per heavy atom. The van der Waals surface area contributed by atoms with Gasteiger partial charge in [-0.3, -0.25) is 9.59 Å². The molecule has 1 unspecified atom stereocenters. The fraction of sp³-hybridized carbons (Fsp3) is 0.786. The van der Waals surface area contributed by atoms with Gasteiger partial charge in [-0.05, 0) is 20.8 Å². The third kappa shape index (κ3) is 5.51. The molecule has 0 bridgehead atoms. The van der Waals surface area contributed by atoms with Crippen LogP contribution in [0.3, 0.4) is 0 Å². The quantitative estimate of drug-likeness (QED) is 0.551. The number of rotatable bonds is 5. The summed E-state index contributed by atoms with van der Waals surface area (Å²) >= 11 is 0. The van der Waals surface area contributed by atoms with E-state index in [1.165, 1.54) is 13.8 Å². The molecular weight excluding hydrogens is 296 g/mol. The molecule has 0 spiro atoms. The monoisotopic (exact) mass is 318 g/mol. The van der Waals surface area contributed by atoms with Crippen LogP contribution in [0.2, 0.25) is 0 Å². The van der Waals surface area contributed by atoms with Crippen molar-refractivity contribution >= 4 is 18.1 Å². The van der Waals surface area contributed by atoms with E-state index in [0.29, 0.717) is 0 Å². The van der Waals surface area contributed by atoms with Gasteiger partial charge in [0.1, 0.15) is 12.7 Å². The Balaban J connectivity index is 2.68. The first-order valence-electron chi connectivity index (χ1n) is 7.04. The highest BCUT2D eigenvalue weighted by atomic mass is 16.7. The van der Waals surface area contributed by atoms with Crippen molar-refractivity contribution in [3.63, 3.8) is 0 Å². The Morgan fingerprint density at radius 3 is 2.09 bits per heavy atom. The van der Waals surface area contributed by atoms with Crippen molar-refractivity contribution in [2.45, 2.75) is 65.1 Å². The number of hydrogen-bond acceptors (Lipinski definition) is 8. The molecule has 0 aromatic rings. The van der Waals surface area contributed by atoms with E-state index in [1.807, 2.05) is 0 Å². The Kier molecular flexibility index (Phi) is 6.61. The van der Waals surface area contributed by atoms with Crippen molar-refractivity contribution < 1.29 is 38.1 Å². The molecule has 0 aromatic heterocycles. The van der Waals surface area contributed by atoms with Gasteiger partial charge in [0.2, 0.25) is 0 Å². The minimum Gasteiger partial charge on any atom is -0.456 e. The Labute approximate surface area is 129 Å². The number of carbonyl (C=O) groups is 3. The zero-order valence-corrected chi connectivity index (χ0v) is 13.4. The third-order valence-corrected chi connectivity index (χ3v) is 2.84. The maximum atomic E-state index is 11.4. The fourth-order valence-corrected chi connectivity index (χ4v) is 2.11. The van der Waals surface area contributed by atoms with Crippen LogP contribution in [0.1, 0.15) is 34.6 Å². The van der Waals surface area contributed by atoms with Crippen LogP contribution in [0.4, 0.5) is 4.79 Å². The number of ether oxygens (including phenoxy) is 5. The SMILES string of the molecule is CC(=O)O[C@H]1[C@@H](COC(=O)OC(C)C)OC(C)[C@@H]1OC(C)=O. The number of hydrogen-bond donors (Lipinski definition) is 0. The molecule has 0 radical (unpaired) electrons. The van der Waals surface area contributed by atoms with Gasteiger partial charge in [-0.1, -0.05) is 0 Å². The van der Waals surface area contributed by atoms with Gasteiger partial charge in [0.15, 0.2) is 12.2 Å². The van der Waals surface area contributed by atoms with E-state index in [4.69, 9.17) is 23.7 Å². The first-order valence-corrected chi connectivity index (χ1v) is 7.04. The topological polar surface area (TPSA) is 97.4 Å². The van der Waals surface area contributed by atoms with Crippen LogP contribution in [0.15, 0.2) is 0 Å². The summed E-state index contributed by atoms with van der Waals surface area (Å²) in [5.41, 5.74) is 0. The zero-order chi connectivity index (χ0) is 16.9. The van der Waals surface area contributed by atoms with Crippen molar-refractivity contribution in [1.29, 1.82) is 0 Å². The maximum absolute atomic E-state index is 11.4. The highest BCUT2D eigenvalue weighted by molar-refractivity contribution is 5.67. The van der Waals surface area contributed by atoms with Gasteiger partial charge in [0.25, 0.3) is 0 Å². The van der Waals surface area contributed by atoms with Gasteiger partial charge in [-0.2, -0.15) is 0 Å². The second kappa shape index (κ2) is 7.98. The van der Waals surface area contributed by atoms with Crippen molar-refractivity contribution in [3.05, 3.63) is 0 Å². The van der Waals surface area contributed by atoms with E-state index in [1.54, 1.807) is 20.8 Å². The highest BCUT2D eigenvalue weighted by Crippen LogP contribution is 2.27. The van der Waals surface area contributed by atoms with E-state index in [-0.39, 0.29) is 12.7 Å². The highest BCUT2D eigenvalue weighted by Gasteiger charge is 2.47. The molecular formula is C14H22O8. The van der Waals surface area contributed by atoms with Crippen LogP contribution in [0, 0.1) is 0 Å². The minimum atomic E-state index is -0.844. The summed E-state index contributed by atoms with van der Waals surface area (Å²) in [5.74, 6) is -1.06. The van der Waals surface area contributed by atoms with E-state index >= 15 is 0 Å². The van der Waals surface area contributed by atoms with Crippen molar-refractivity contribution in [2.75, 3.05) is 6.61 Å². The average Bonchev–Trinajstić information content (AvgIpc) is 2.62. The van der Waals surface area contributed by atoms with E-state index in [9.17, 15) is 14.4 Å². The molecule has 1 saturated heterocycles. The molecule has 1 rings (SSSR count). The molecule has 22 heavy (non-hydrogen) atoms. The summed E-state index contributed by atoms with van der Waals surface area (Å²) in [6.07, 6.45) is -3.98. The van der Waals surface area contributed by atoms with Crippen LogP contribution in [-0.4, -0.2) is 55.2 Å². The fourth-order valence-electron chi connectivity index (χ4n) is 2.11. The van der Waals surface area contributed by atoms with Crippen LogP contribution in [0.25, 0.3) is 0 Å². The molecule has 8 heteroatoms. The average molecular weight is 318 g/mol. The lowest BCUT2D eigenvalue weighted by Gasteiger charge is -2.22. The van der Waals surface area contributed by atoms with E-state index in [0.717, 1.165) is 0 Å². The lowest BCUT2D eigenvalue weighted by Crippen LogP contribution is -2.40. The van der Waals surface area contributed by atoms with Crippen LogP contribution in [0.5, 0.6) is 0 Å². The standard InChI is InChI=1S/C14H22O8/c1-7(2)19-14(17)18-6-11-13(22-10(5)16)12(8(3)20-11)21-9(4)15/h7-8,11-13H,6H2,1-5H3/t8?,11-,12+,13+/m1/s1. The van der Waals surface area contributed by atoms with Crippen LogP contribution >= 0.6 is 0 Å². The molecule has 0 N–H and O–H groups in total. The number of carbonyl (C=O) groups excluding carboxylic acids is 3. The summed E-state index contributed by atoms with van der Waals surface area (Å²) in [6.45, 7) is 7.36. The summed E-state index contributed by atoms with van der Waals surface area (Å²) in [7, 11) is 0. The zero-order valence-electron chi connectivity index (χ0n) is 13.4. The molecule has 0 aliphatic carbocycles. The molecule has 0 amide bonds. The van der Waals surface area contributed by atoms with Crippen LogP contribution in [-0.2, 0) is 33.3 Å². The van der Waals surface area contributed by atoms with Crippen molar-refractivity contribution in [1.82, 2.24) is 0 Å². The Hall–Kier alpha value is -1.83. The molecule has 1 heterocycles. The predicted octanol–water partition coefficient (Wildman–Crippen LogP) is 1.20. The van der Waals surface area contributed by atoms with E-state index in [2.05, 4.69) is 0 Å². The van der Waals surface area contributed by atoms with Gasteiger partial charge in [-0.25, -0.2) is 4.79 Å².